The summed E-state index contributed by atoms with van der Waals surface area (Å²) >= 11 is 0. The largest absolute Gasteiger partial charge is 0.478 e. The first-order chi connectivity index (χ1) is 9.63. The first-order valence-corrected chi connectivity index (χ1v) is 6.32. The third-order valence-electron chi connectivity index (χ3n) is 2.14. The van der Waals surface area contributed by atoms with E-state index in [1.165, 1.54) is 13.8 Å². The summed E-state index contributed by atoms with van der Waals surface area (Å²) in [5.74, 6) is -3.66. The van der Waals surface area contributed by atoms with Gasteiger partial charge in [0.05, 0.1) is 0 Å². The molecule has 0 heterocycles. The Balaban J connectivity index is 0. The molecule has 0 rings (SSSR count). The lowest BCUT2D eigenvalue weighted by Gasteiger charge is -2.10. The summed E-state index contributed by atoms with van der Waals surface area (Å²) in [6.07, 6.45) is 0.245. The van der Waals surface area contributed by atoms with Crippen molar-refractivity contribution in [1.82, 2.24) is 0 Å². The van der Waals surface area contributed by atoms with Crippen LogP contribution in [0.15, 0.2) is 12.2 Å². The summed E-state index contributed by atoms with van der Waals surface area (Å²) in [6, 6.07) is 0. The molecule has 21 heavy (non-hydrogen) atoms. The van der Waals surface area contributed by atoms with Crippen molar-refractivity contribution in [1.29, 1.82) is 0 Å². The third kappa shape index (κ3) is 12.7. The number of carboxylic acids is 1. The zero-order valence-corrected chi connectivity index (χ0v) is 12.8. The quantitative estimate of drug-likeness (QED) is 0.327. The Morgan fingerprint density at radius 3 is 1.90 bits per heavy atom. The van der Waals surface area contributed by atoms with E-state index >= 15 is 0 Å². The van der Waals surface area contributed by atoms with E-state index in [1.807, 2.05) is 6.92 Å². The van der Waals surface area contributed by atoms with Gasteiger partial charge in [-0.15, -0.1) is 0 Å². The smallest absolute Gasteiger partial charge is 0.330 e. The number of esters is 2. The van der Waals surface area contributed by atoms with E-state index in [2.05, 4.69) is 11.3 Å². The van der Waals surface area contributed by atoms with Gasteiger partial charge in [-0.2, -0.15) is 0 Å². The summed E-state index contributed by atoms with van der Waals surface area (Å²) in [7, 11) is 0. The van der Waals surface area contributed by atoms with Gasteiger partial charge in [0.1, 0.15) is 11.7 Å². The van der Waals surface area contributed by atoms with Gasteiger partial charge >= 0.3 is 17.9 Å². The Kier molecular flexibility index (Phi) is 11.9. The Morgan fingerprint density at radius 1 is 1.14 bits per heavy atom. The van der Waals surface area contributed by atoms with E-state index in [1.54, 1.807) is 0 Å². The van der Waals surface area contributed by atoms with Crippen LogP contribution >= 0.6 is 0 Å². The van der Waals surface area contributed by atoms with Crippen LogP contribution in [0.1, 0.15) is 34.1 Å². The predicted octanol–water partition coefficient (Wildman–Crippen LogP) is 1.35. The van der Waals surface area contributed by atoms with Crippen molar-refractivity contribution in [3.63, 3.8) is 0 Å². The molecule has 0 aromatic carbocycles. The lowest BCUT2D eigenvalue weighted by atomic mass is 10.0. The maximum atomic E-state index is 11.3. The van der Waals surface area contributed by atoms with Crippen molar-refractivity contribution in [3.05, 3.63) is 12.2 Å². The molecule has 0 saturated carbocycles. The third-order valence-corrected chi connectivity index (χ3v) is 2.14. The van der Waals surface area contributed by atoms with Gasteiger partial charge in [-0.25, -0.2) is 4.79 Å². The van der Waals surface area contributed by atoms with Crippen LogP contribution in [0.2, 0.25) is 0 Å². The Labute approximate surface area is 123 Å². The minimum Gasteiger partial charge on any atom is -0.478 e. The van der Waals surface area contributed by atoms with Gasteiger partial charge in [0.25, 0.3) is 0 Å². The molecule has 0 radical (unpaired) electrons. The first-order valence-electron chi connectivity index (χ1n) is 6.32. The van der Waals surface area contributed by atoms with Crippen molar-refractivity contribution < 1.29 is 33.8 Å². The molecule has 1 unspecified atom stereocenters. The number of hydrogen-bond donors (Lipinski definition) is 1. The highest BCUT2D eigenvalue weighted by Gasteiger charge is 2.25. The minimum atomic E-state index is -0.935. The van der Waals surface area contributed by atoms with Crippen LogP contribution in [0.4, 0.5) is 0 Å². The van der Waals surface area contributed by atoms with Crippen LogP contribution in [0, 0.1) is 5.92 Å². The second kappa shape index (κ2) is 11.8. The van der Waals surface area contributed by atoms with Crippen molar-refractivity contribution in [2.75, 3.05) is 13.2 Å². The molecule has 1 N–H and O–H groups in total. The van der Waals surface area contributed by atoms with Crippen LogP contribution in [0.3, 0.4) is 0 Å². The van der Waals surface area contributed by atoms with Gasteiger partial charge in [-0.3, -0.25) is 14.4 Å². The van der Waals surface area contributed by atoms with Crippen LogP contribution in [-0.4, -0.2) is 42.0 Å². The summed E-state index contributed by atoms with van der Waals surface area (Å²) in [5.41, 5.74) is 0.176. The standard InChI is InChI=1S/C10H16O5.C4H6O2/c1-4-14-6-5-9(7(2)11)10(13)15-8(3)12;1-3(2)4(5)6/h9H,4-6H2,1-3H3;1H2,2H3,(H,5,6). The van der Waals surface area contributed by atoms with E-state index in [0.29, 0.717) is 13.2 Å². The molecular formula is C14H22O7. The fourth-order valence-electron chi connectivity index (χ4n) is 1.05. The number of ketones is 1. The molecule has 7 heteroatoms. The zero-order chi connectivity index (χ0) is 17.0. The second-order valence-corrected chi connectivity index (χ2v) is 4.15. The molecular weight excluding hydrogens is 280 g/mol. The van der Waals surface area contributed by atoms with E-state index in [0.717, 1.165) is 6.92 Å². The van der Waals surface area contributed by atoms with Gasteiger partial charge in [0.2, 0.25) is 0 Å². The van der Waals surface area contributed by atoms with Crippen LogP contribution in [0.5, 0.6) is 0 Å². The maximum absolute atomic E-state index is 11.3. The summed E-state index contributed by atoms with van der Waals surface area (Å²) in [5, 5.41) is 7.89. The van der Waals surface area contributed by atoms with Crippen molar-refractivity contribution in [2.24, 2.45) is 5.92 Å². The number of ether oxygens (including phenoxy) is 2. The summed E-state index contributed by atoms with van der Waals surface area (Å²) < 4.78 is 9.37. The van der Waals surface area contributed by atoms with E-state index in [-0.39, 0.29) is 17.8 Å². The number of rotatable bonds is 7. The molecule has 0 aliphatic rings. The lowest BCUT2D eigenvalue weighted by molar-refractivity contribution is -0.162. The monoisotopic (exact) mass is 302 g/mol. The molecule has 1 atom stereocenters. The van der Waals surface area contributed by atoms with Crippen LogP contribution in [0.25, 0.3) is 0 Å². The van der Waals surface area contributed by atoms with Crippen LogP contribution < -0.4 is 0 Å². The molecule has 0 aromatic rings. The van der Waals surface area contributed by atoms with Crippen molar-refractivity contribution in [2.45, 2.75) is 34.1 Å². The van der Waals surface area contributed by atoms with Crippen molar-refractivity contribution in [3.8, 4) is 0 Å². The topological polar surface area (TPSA) is 107 Å². The van der Waals surface area contributed by atoms with Gasteiger partial charge < -0.3 is 14.6 Å². The molecule has 0 fully saturated rings. The van der Waals surface area contributed by atoms with Gasteiger partial charge in [-0.1, -0.05) is 6.58 Å². The number of carbonyl (C=O) groups excluding carboxylic acids is 3. The number of Topliss-reactive ketones (excluding diaryl/α,β-unsaturated/α-hetero) is 1. The highest BCUT2D eigenvalue weighted by molar-refractivity contribution is 6.00. The highest BCUT2D eigenvalue weighted by atomic mass is 16.6. The normalized spacial score (nSPS) is 10.7. The van der Waals surface area contributed by atoms with Gasteiger partial charge in [0.15, 0.2) is 0 Å². The Morgan fingerprint density at radius 2 is 1.62 bits per heavy atom. The Hall–Kier alpha value is -2.02. The first kappa shape index (κ1) is 21.3. The number of hydrogen-bond acceptors (Lipinski definition) is 6. The number of carbonyl (C=O) groups is 4. The average Bonchev–Trinajstić information content (AvgIpc) is 2.33. The molecule has 7 nitrogen and oxygen atoms in total. The van der Waals surface area contributed by atoms with Crippen LogP contribution in [-0.2, 0) is 28.7 Å². The molecule has 0 spiro atoms. The molecule has 0 aliphatic heterocycles. The SMILES string of the molecule is C=C(C)C(=O)O.CCOCCC(C(C)=O)C(=O)OC(C)=O. The van der Waals surface area contributed by atoms with Gasteiger partial charge in [-0.05, 0) is 27.2 Å². The maximum Gasteiger partial charge on any atom is 0.330 e. The molecule has 0 saturated heterocycles. The number of aliphatic carboxylic acids is 1. The van der Waals surface area contributed by atoms with Gasteiger partial charge in [0, 0.05) is 25.7 Å². The molecule has 0 bridgehead atoms. The fourth-order valence-corrected chi connectivity index (χ4v) is 1.05. The highest BCUT2D eigenvalue weighted by Crippen LogP contribution is 2.08. The Bertz CT molecular complexity index is 386. The second-order valence-electron chi connectivity index (χ2n) is 4.15. The number of carboxylic acid groups (broad SMARTS) is 1. The molecule has 120 valence electrons. The lowest BCUT2D eigenvalue weighted by Crippen LogP contribution is -2.27. The van der Waals surface area contributed by atoms with Crippen molar-refractivity contribution >= 4 is 23.7 Å². The molecule has 0 aromatic heterocycles. The predicted molar refractivity (Wildman–Crippen MR) is 74.5 cm³/mol. The van der Waals surface area contributed by atoms with E-state index in [4.69, 9.17) is 9.84 Å². The zero-order valence-electron chi connectivity index (χ0n) is 12.8. The molecule has 0 amide bonds. The van der Waals surface area contributed by atoms with E-state index in [9.17, 15) is 19.2 Å². The summed E-state index contributed by atoms with van der Waals surface area (Å²) in [6.45, 7) is 9.65. The average molecular weight is 302 g/mol. The fraction of sp³-hybridized carbons (Fsp3) is 0.571. The minimum absolute atomic E-state index is 0.176. The molecule has 0 aliphatic carbocycles. The van der Waals surface area contributed by atoms with E-state index < -0.39 is 23.8 Å². The summed E-state index contributed by atoms with van der Waals surface area (Å²) in [4.78, 5) is 42.5.